The van der Waals surface area contributed by atoms with Gasteiger partial charge in [-0.3, -0.25) is 4.79 Å². The van der Waals surface area contributed by atoms with E-state index in [9.17, 15) is 4.79 Å². The van der Waals surface area contributed by atoms with Gasteiger partial charge in [0.1, 0.15) is 0 Å². The van der Waals surface area contributed by atoms with Crippen molar-refractivity contribution in [2.24, 2.45) is 5.73 Å². The molecule has 0 unspecified atom stereocenters. The van der Waals surface area contributed by atoms with E-state index < -0.39 is 5.91 Å². The Balaban J connectivity index is 2.55. The Morgan fingerprint density at radius 1 is 1.05 bits per heavy atom. The molecule has 2 heteroatoms. The number of carbonyl (C=O) groups excluding carboxylic acids is 1. The lowest BCUT2D eigenvalue weighted by Gasteiger charge is -2.09. The number of rotatable bonds is 3. The second-order valence-electron chi connectivity index (χ2n) is 4.65. The van der Waals surface area contributed by atoms with Crippen molar-refractivity contribution in [3.05, 3.63) is 70.8 Å². The quantitative estimate of drug-likeness (QED) is 0.660. The van der Waals surface area contributed by atoms with E-state index in [4.69, 9.17) is 5.73 Å². The molecule has 96 valence electrons. The van der Waals surface area contributed by atoms with E-state index in [1.807, 2.05) is 68.5 Å². The zero-order chi connectivity index (χ0) is 13.8. The third-order valence-electron chi connectivity index (χ3n) is 3.06. The molecule has 2 nitrogen and oxygen atoms in total. The third kappa shape index (κ3) is 3.10. The Hall–Kier alpha value is -2.35. The zero-order valence-corrected chi connectivity index (χ0v) is 11.2. The minimum absolute atomic E-state index is 0.405. The van der Waals surface area contributed by atoms with Gasteiger partial charge in [0, 0.05) is 5.57 Å². The van der Waals surface area contributed by atoms with Crippen molar-refractivity contribution in [2.75, 3.05) is 0 Å². The number of nitrogens with two attached hydrogens (primary N) is 1. The van der Waals surface area contributed by atoms with Crippen LogP contribution in [0.3, 0.4) is 0 Å². The Morgan fingerprint density at radius 3 is 2.37 bits per heavy atom. The number of hydrogen-bond donors (Lipinski definition) is 1. The molecule has 1 amide bonds. The number of hydrogen-bond acceptors (Lipinski definition) is 1. The summed E-state index contributed by atoms with van der Waals surface area (Å²) in [5.74, 6) is -0.405. The van der Waals surface area contributed by atoms with Crippen molar-refractivity contribution in [3.63, 3.8) is 0 Å². The second kappa shape index (κ2) is 5.53. The molecule has 19 heavy (non-hydrogen) atoms. The topological polar surface area (TPSA) is 43.1 Å². The number of carbonyl (C=O) groups is 1. The lowest BCUT2D eigenvalue weighted by Crippen LogP contribution is -2.13. The highest BCUT2D eigenvalue weighted by atomic mass is 16.1. The van der Waals surface area contributed by atoms with Gasteiger partial charge in [0.2, 0.25) is 5.91 Å². The molecule has 2 N–H and O–H groups in total. The van der Waals surface area contributed by atoms with Crippen LogP contribution in [0.2, 0.25) is 0 Å². The number of amides is 1. The summed E-state index contributed by atoms with van der Waals surface area (Å²) in [7, 11) is 0. The van der Waals surface area contributed by atoms with E-state index in [0.29, 0.717) is 5.57 Å². The summed E-state index contributed by atoms with van der Waals surface area (Å²) in [5, 5.41) is 0. The first-order valence-corrected chi connectivity index (χ1v) is 6.22. The van der Waals surface area contributed by atoms with Crippen LogP contribution in [0.4, 0.5) is 0 Å². The molecule has 0 aromatic heterocycles. The molecule has 0 spiro atoms. The molecule has 0 radical (unpaired) electrons. The van der Waals surface area contributed by atoms with Crippen LogP contribution in [-0.2, 0) is 4.79 Å². The summed E-state index contributed by atoms with van der Waals surface area (Å²) in [6, 6.07) is 15.8. The Kier molecular flexibility index (Phi) is 3.81. The minimum atomic E-state index is -0.405. The molecule has 0 heterocycles. The first kappa shape index (κ1) is 13.1. The smallest absolute Gasteiger partial charge is 0.249 e. The maximum atomic E-state index is 11.7. The van der Waals surface area contributed by atoms with Gasteiger partial charge in [-0.15, -0.1) is 0 Å². The van der Waals surface area contributed by atoms with E-state index in [1.165, 1.54) is 0 Å². The summed E-state index contributed by atoms with van der Waals surface area (Å²) in [4.78, 5) is 11.7. The average Bonchev–Trinajstić information content (AvgIpc) is 2.40. The van der Waals surface area contributed by atoms with E-state index in [-0.39, 0.29) is 0 Å². The molecule has 0 aliphatic rings. The molecule has 2 rings (SSSR count). The number of benzene rings is 2. The zero-order valence-electron chi connectivity index (χ0n) is 11.2. The summed E-state index contributed by atoms with van der Waals surface area (Å²) in [6.07, 6.45) is 1.84. The fraction of sp³-hybridized carbons (Fsp3) is 0.118. The Bertz CT molecular complexity index is 627. The van der Waals surface area contributed by atoms with E-state index >= 15 is 0 Å². The van der Waals surface area contributed by atoms with E-state index in [0.717, 1.165) is 22.3 Å². The Morgan fingerprint density at radius 2 is 1.74 bits per heavy atom. The maximum Gasteiger partial charge on any atom is 0.249 e. The molecule has 0 aliphatic carbocycles. The summed E-state index contributed by atoms with van der Waals surface area (Å²) in [6.45, 7) is 3.99. The molecular weight excluding hydrogens is 234 g/mol. The molecule has 2 aromatic carbocycles. The van der Waals surface area contributed by atoms with Crippen molar-refractivity contribution in [2.45, 2.75) is 13.8 Å². The fourth-order valence-corrected chi connectivity index (χ4v) is 2.02. The monoisotopic (exact) mass is 251 g/mol. The first-order chi connectivity index (χ1) is 9.08. The van der Waals surface area contributed by atoms with Crippen molar-refractivity contribution in [1.82, 2.24) is 0 Å². The van der Waals surface area contributed by atoms with Crippen LogP contribution in [0.1, 0.15) is 22.3 Å². The predicted molar refractivity (Wildman–Crippen MR) is 79.4 cm³/mol. The van der Waals surface area contributed by atoms with Gasteiger partial charge < -0.3 is 5.73 Å². The van der Waals surface area contributed by atoms with Gasteiger partial charge in [-0.2, -0.15) is 0 Å². The largest absolute Gasteiger partial charge is 0.366 e. The van der Waals surface area contributed by atoms with E-state index in [1.54, 1.807) is 0 Å². The lowest BCUT2D eigenvalue weighted by molar-refractivity contribution is -0.112. The van der Waals surface area contributed by atoms with Crippen LogP contribution in [0.15, 0.2) is 48.5 Å². The molecule has 0 saturated carbocycles. The van der Waals surface area contributed by atoms with Crippen LogP contribution < -0.4 is 5.73 Å². The van der Waals surface area contributed by atoms with Gasteiger partial charge >= 0.3 is 0 Å². The fourth-order valence-electron chi connectivity index (χ4n) is 2.02. The lowest BCUT2D eigenvalue weighted by atomic mass is 9.96. The number of primary amides is 1. The predicted octanol–water partition coefficient (Wildman–Crippen LogP) is 3.33. The van der Waals surface area contributed by atoms with Gasteiger partial charge in [0.25, 0.3) is 0 Å². The van der Waals surface area contributed by atoms with Crippen LogP contribution in [0, 0.1) is 13.8 Å². The van der Waals surface area contributed by atoms with Gasteiger partial charge in [-0.1, -0.05) is 54.1 Å². The minimum Gasteiger partial charge on any atom is -0.366 e. The summed E-state index contributed by atoms with van der Waals surface area (Å²) >= 11 is 0. The van der Waals surface area contributed by atoms with Crippen LogP contribution >= 0.6 is 0 Å². The highest BCUT2D eigenvalue weighted by Gasteiger charge is 2.11. The van der Waals surface area contributed by atoms with Gasteiger partial charge in [0.05, 0.1) is 0 Å². The first-order valence-electron chi connectivity index (χ1n) is 6.22. The second-order valence-corrected chi connectivity index (χ2v) is 4.65. The van der Waals surface area contributed by atoms with Crippen molar-refractivity contribution in [1.29, 1.82) is 0 Å². The molecule has 2 aromatic rings. The highest BCUT2D eigenvalue weighted by molar-refractivity contribution is 6.23. The molecule has 0 aliphatic heterocycles. The van der Waals surface area contributed by atoms with Gasteiger partial charge in [-0.05, 0) is 36.6 Å². The summed E-state index contributed by atoms with van der Waals surface area (Å²) in [5.41, 5.74) is 10.1. The van der Waals surface area contributed by atoms with Crippen molar-refractivity contribution < 1.29 is 4.79 Å². The van der Waals surface area contributed by atoms with Gasteiger partial charge in [-0.25, -0.2) is 0 Å². The number of aryl methyl sites for hydroxylation is 2. The van der Waals surface area contributed by atoms with Crippen LogP contribution in [-0.4, -0.2) is 5.91 Å². The normalized spacial score (nSPS) is 11.4. The highest BCUT2D eigenvalue weighted by Crippen LogP contribution is 2.22. The average molecular weight is 251 g/mol. The third-order valence-corrected chi connectivity index (χ3v) is 3.06. The van der Waals surface area contributed by atoms with Crippen LogP contribution in [0.5, 0.6) is 0 Å². The molecule has 0 bridgehead atoms. The maximum absolute atomic E-state index is 11.7. The summed E-state index contributed by atoms with van der Waals surface area (Å²) < 4.78 is 0. The van der Waals surface area contributed by atoms with Gasteiger partial charge in [0.15, 0.2) is 0 Å². The van der Waals surface area contributed by atoms with Crippen LogP contribution in [0.25, 0.3) is 11.6 Å². The standard InChI is InChI=1S/C17H17NO/c1-12-8-9-13(2)15(10-12)16(17(18)19)11-14-6-4-3-5-7-14/h3-11H,1-2H3,(H2,18,19). The molecule has 0 saturated heterocycles. The SMILES string of the molecule is Cc1ccc(C)c(C(=Cc2ccccc2)C(N)=O)c1. The molecular formula is C17H17NO. The molecule has 0 atom stereocenters. The van der Waals surface area contributed by atoms with Crippen molar-refractivity contribution >= 4 is 17.6 Å². The van der Waals surface area contributed by atoms with E-state index in [2.05, 4.69) is 0 Å². The van der Waals surface area contributed by atoms with Crippen molar-refractivity contribution in [3.8, 4) is 0 Å². The Labute approximate surface area is 113 Å². The molecule has 0 fully saturated rings.